The molecule has 1 atom stereocenters. The molecule has 5 nitrogen and oxygen atoms in total. The zero-order valence-electron chi connectivity index (χ0n) is 11.9. The second-order valence-electron chi connectivity index (χ2n) is 4.87. The van der Waals surface area contributed by atoms with Gasteiger partial charge < -0.3 is 5.11 Å². The Morgan fingerprint density at radius 3 is 2.52 bits per heavy atom. The monoisotopic (exact) mass is 306 g/mol. The van der Waals surface area contributed by atoms with Gasteiger partial charge in [0.15, 0.2) is 0 Å². The van der Waals surface area contributed by atoms with Crippen LogP contribution in [0.15, 0.2) is 47.6 Å². The summed E-state index contributed by atoms with van der Waals surface area (Å²) in [6.07, 6.45) is 3.24. The van der Waals surface area contributed by atoms with Crippen molar-refractivity contribution in [1.29, 1.82) is 0 Å². The van der Waals surface area contributed by atoms with Gasteiger partial charge in [0.1, 0.15) is 0 Å². The molecule has 6 heteroatoms. The fourth-order valence-electron chi connectivity index (χ4n) is 2.01. The van der Waals surface area contributed by atoms with Crippen LogP contribution < -0.4 is 4.72 Å². The molecule has 0 aliphatic heterocycles. The second kappa shape index (κ2) is 6.34. The number of rotatable bonds is 5. The highest BCUT2D eigenvalue weighted by Gasteiger charge is 2.19. The van der Waals surface area contributed by atoms with Gasteiger partial charge in [0.2, 0.25) is 10.0 Å². The Morgan fingerprint density at radius 2 is 1.90 bits per heavy atom. The molecule has 0 fully saturated rings. The van der Waals surface area contributed by atoms with Gasteiger partial charge in [-0.15, -0.1) is 0 Å². The SMILES string of the molecule is Cc1ccc(S(=O)(=O)NC(C)c2ccncc2)cc1CO. The highest BCUT2D eigenvalue weighted by atomic mass is 32.2. The van der Waals surface area contributed by atoms with Crippen LogP contribution in [0.3, 0.4) is 0 Å². The maximum Gasteiger partial charge on any atom is 0.241 e. The van der Waals surface area contributed by atoms with E-state index in [9.17, 15) is 13.5 Å². The normalized spacial score (nSPS) is 13.1. The lowest BCUT2D eigenvalue weighted by Crippen LogP contribution is -2.27. The van der Waals surface area contributed by atoms with Crippen LogP contribution in [-0.2, 0) is 16.6 Å². The van der Waals surface area contributed by atoms with E-state index in [4.69, 9.17) is 0 Å². The fourth-order valence-corrected chi connectivity index (χ4v) is 3.29. The second-order valence-corrected chi connectivity index (χ2v) is 6.58. The number of hydrogen-bond acceptors (Lipinski definition) is 4. The van der Waals surface area contributed by atoms with Crippen molar-refractivity contribution in [2.24, 2.45) is 0 Å². The Kier molecular flexibility index (Phi) is 4.72. The molecule has 0 saturated heterocycles. The third-order valence-corrected chi connectivity index (χ3v) is 4.88. The molecule has 1 unspecified atom stereocenters. The Labute approximate surface area is 124 Å². The van der Waals surface area contributed by atoms with Gasteiger partial charge in [0.05, 0.1) is 11.5 Å². The zero-order valence-corrected chi connectivity index (χ0v) is 12.8. The third kappa shape index (κ3) is 3.66. The molecule has 1 heterocycles. The molecular formula is C15H18N2O3S. The van der Waals surface area contributed by atoms with E-state index < -0.39 is 10.0 Å². The molecule has 0 aliphatic rings. The first-order chi connectivity index (χ1) is 9.94. The van der Waals surface area contributed by atoms with Gasteiger partial charge in [-0.1, -0.05) is 6.07 Å². The van der Waals surface area contributed by atoms with Gasteiger partial charge in [-0.05, 0) is 54.8 Å². The van der Waals surface area contributed by atoms with Crippen molar-refractivity contribution in [2.75, 3.05) is 0 Å². The van der Waals surface area contributed by atoms with E-state index in [1.54, 1.807) is 37.5 Å². The first-order valence-electron chi connectivity index (χ1n) is 6.56. The average molecular weight is 306 g/mol. The summed E-state index contributed by atoms with van der Waals surface area (Å²) in [6, 6.07) is 7.89. The van der Waals surface area contributed by atoms with Gasteiger partial charge in [-0.2, -0.15) is 0 Å². The first-order valence-corrected chi connectivity index (χ1v) is 8.05. The molecule has 0 amide bonds. The Morgan fingerprint density at radius 1 is 1.24 bits per heavy atom. The van der Waals surface area contributed by atoms with Crippen LogP contribution in [0.1, 0.15) is 29.7 Å². The van der Waals surface area contributed by atoms with Gasteiger partial charge >= 0.3 is 0 Å². The number of aliphatic hydroxyl groups is 1. The minimum absolute atomic E-state index is 0.151. The molecule has 2 rings (SSSR count). The van der Waals surface area contributed by atoms with Crippen molar-refractivity contribution in [2.45, 2.75) is 31.4 Å². The summed E-state index contributed by atoms with van der Waals surface area (Å²) in [5, 5.41) is 9.25. The van der Waals surface area contributed by atoms with Crippen LogP contribution in [0.25, 0.3) is 0 Å². The third-order valence-electron chi connectivity index (χ3n) is 3.34. The van der Waals surface area contributed by atoms with E-state index in [1.165, 1.54) is 12.1 Å². The van der Waals surface area contributed by atoms with E-state index >= 15 is 0 Å². The van der Waals surface area contributed by atoms with Gasteiger partial charge in [0, 0.05) is 18.4 Å². The predicted octanol–water partition coefficient (Wildman–Crippen LogP) is 1.92. The topological polar surface area (TPSA) is 79.3 Å². The lowest BCUT2D eigenvalue weighted by Gasteiger charge is -2.15. The van der Waals surface area contributed by atoms with Crippen LogP contribution in [0.5, 0.6) is 0 Å². The van der Waals surface area contributed by atoms with Crippen LogP contribution in [0.4, 0.5) is 0 Å². The van der Waals surface area contributed by atoms with Crippen molar-refractivity contribution in [1.82, 2.24) is 9.71 Å². The molecule has 112 valence electrons. The van der Waals surface area contributed by atoms with Gasteiger partial charge in [-0.25, -0.2) is 13.1 Å². The molecule has 1 aromatic carbocycles. The maximum absolute atomic E-state index is 12.4. The molecule has 2 N–H and O–H groups in total. The molecule has 0 radical (unpaired) electrons. The number of aromatic nitrogens is 1. The highest BCUT2D eigenvalue weighted by molar-refractivity contribution is 7.89. The maximum atomic E-state index is 12.4. The molecule has 21 heavy (non-hydrogen) atoms. The van der Waals surface area contributed by atoms with Crippen LogP contribution in [0.2, 0.25) is 0 Å². The minimum Gasteiger partial charge on any atom is -0.392 e. The van der Waals surface area contributed by atoms with Crippen LogP contribution in [-0.4, -0.2) is 18.5 Å². The number of hydrogen-bond donors (Lipinski definition) is 2. The molecule has 0 aliphatic carbocycles. The highest BCUT2D eigenvalue weighted by Crippen LogP contribution is 2.19. The van der Waals surface area contributed by atoms with E-state index in [2.05, 4.69) is 9.71 Å². The summed E-state index contributed by atoms with van der Waals surface area (Å²) in [5.41, 5.74) is 2.30. The fraction of sp³-hybridized carbons (Fsp3) is 0.267. The summed E-state index contributed by atoms with van der Waals surface area (Å²) >= 11 is 0. The number of aliphatic hydroxyl groups excluding tert-OH is 1. The van der Waals surface area contributed by atoms with Crippen molar-refractivity contribution in [3.8, 4) is 0 Å². The van der Waals surface area contributed by atoms with Gasteiger partial charge in [0.25, 0.3) is 0 Å². The van der Waals surface area contributed by atoms with Crippen LogP contribution in [0, 0.1) is 6.92 Å². The van der Waals surface area contributed by atoms with E-state index in [-0.39, 0.29) is 17.5 Å². The van der Waals surface area contributed by atoms with E-state index in [1.807, 2.05) is 6.92 Å². The largest absolute Gasteiger partial charge is 0.392 e. The molecule has 0 saturated carbocycles. The number of pyridine rings is 1. The Balaban J connectivity index is 2.26. The van der Waals surface area contributed by atoms with E-state index in [0.717, 1.165) is 11.1 Å². The molecule has 0 spiro atoms. The number of aryl methyl sites for hydroxylation is 1. The Bertz CT molecular complexity index is 715. The first kappa shape index (κ1) is 15.6. The number of sulfonamides is 1. The van der Waals surface area contributed by atoms with E-state index in [0.29, 0.717) is 5.56 Å². The van der Waals surface area contributed by atoms with Crippen LogP contribution >= 0.6 is 0 Å². The van der Waals surface area contributed by atoms with Gasteiger partial charge in [-0.3, -0.25) is 4.98 Å². The quantitative estimate of drug-likeness (QED) is 0.884. The molecule has 2 aromatic rings. The smallest absolute Gasteiger partial charge is 0.241 e. The Hall–Kier alpha value is -1.76. The minimum atomic E-state index is -3.64. The zero-order chi connectivity index (χ0) is 15.5. The van der Waals surface area contributed by atoms with Crippen molar-refractivity contribution >= 4 is 10.0 Å². The summed E-state index contributed by atoms with van der Waals surface area (Å²) in [6.45, 7) is 3.41. The molecular weight excluding hydrogens is 288 g/mol. The number of benzene rings is 1. The van der Waals surface area contributed by atoms with Crippen molar-refractivity contribution in [3.05, 3.63) is 59.4 Å². The number of nitrogens with zero attached hydrogens (tertiary/aromatic N) is 1. The standard InChI is InChI=1S/C15H18N2O3S/c1-11-3-4-15(9-14(11)10-18)21(19,20)17-12(2)13-5-7-16-8-6-13/h3-9,12,17-18H,10H2,1-2H3. The molecule has 1 aromatic heterocycles. The summed E-state index contributed by atoms with van der Waals surface area (Å²) in [5.74, 6) is 0. The van der Waals surface area contributed by atoms with Crippen molar-refractivity contribution in [3.63, 3.8) is 0 Å². The summed E-state index contributed by atoms with van der Waals surface area (Å²) < 4.78 is 27.4. The van der Waals surface area contributed by atoms with Crippen molar-refractivity contribution < 1.29 is 13.5 Å². The summed E-state index contributed by atoms with van der Waals surface area (Å²) in [4.78, 5) is 4.06. The average Bonchev–Trinajstić information content (AvgIpc) is 2.48. The lowest BCUT2D eigenvalue weighted by molar-refractivity contribution is 0.280. The predicted molar refractivity (Wildman–Crippen MR) is 80.1 cm³/mol. The number of nitrogens with one attached hydrogen (secondary N) is 1. The molecule has 0 bridgehead atoms. The summed E-state index contributed by atoms with van der Waals surface area (Å²) in [7, 11) is -3.64. The lowest BCUT2D eigenvalue weighted by atomic mass is 10.1.